The Balaban J connectivity index is 1.51. The van der Waals surface area contributed by atoms with Crippen LogP contribution in [0.1, 0.15) is 15.2 Å². The molecule has 0 bridgehead atoms. The zero-order valence-corrected chi connectivity index (χ0v) is 14.1. The van der Waals surface area contributed by atoms with E-state index in [4.69, 9.17) is 4.74 Å². The summed E-state index contributed by atoms with van der Waals surface area (Å²) in [5.41, 5.74) is 2.11. The molecule has 1 aromatic carbocycles. The summed E-state index contributed by atoms with van der Waals surface area (Å²) >= 11 is 1.39. The summed E-state index contributed by atoms with van der Waals surface area (Å²) in [7, 11) is 0. The van der Waals surface area contributed by atoms with Crippen LogP contribution < -0.4 is 10.1 Å². The number of nitrogens with one attached hydrogen (secondary N) is 1. The van der Waals surface area contributed by atoms with Crippen LogP contribution in [-0.2, 0) is 6.42 Å². The highest BCUT2D eigenvalue weighted by molar-refractivity contribution is 7.12. The topological polar surface area (TPSA) is 51.2 Å². The van der Waals surface area contributed by atoms with E-state index in [1.54, 1.807) is 12.3 Å². The lowest BCUT2D eigenvalue weighted by molar-refractivity contribution is 0.0937. The number of carbonyl (C=O) groups excluding carboxylic acids is 1. The predicted molar refractivity (Wildman–Crippen MR) is 94.4 cm³/mol. The third kappa shape index (κ3) is 3.25. The summed E-state index contributed by atoms with van der Waals surface area (Å²) in [6.07, 6.45) is 2.00. The van der Waals surface area contributed by atoms with Crippen LogP contribution in [0.4, 0.5) is 4.39 Å². The number of rotatable bonds is 4. The number of pyridine rings is 1. The standard InChI is InChI=1S/C19H15FN2O2S/c20-13-8-12-9-14(11-22-19(23)17-5-3-7-25-17)24-18(12)15(10-13)16-4-1-2-6-21-16/h1-8,10,14H,9,11H2,(H,22,23)/t14-/m0/s1. The minimum absolute atomic E-state index is 0.120. The number of hydrogen-bond acceptors (Lipinski definition) is 4. The first-order valence-electron chi connectivity index (χ1n) is 7.93. The van der Waals surface area contributed by atoms with Crippen LogP contribution in [0.2, 0.25) is 0 Å². The maximum atomic E-state index is 14.0. The fourth-order valence-corrected chi connectivity index (χ4v) is 3.56. The minimum atomic E-state index is -0.314. The van der Waals surface area contributed by atoms with Crippen LogP contribution in [0.15, 0.2) is 54.0 Å². The number of ether oxygens (including phenoxy) is 1. The second kappa shape index (κ2) is 6.64. The van der Waals surface area contributed by atoms with Gasteiger partial charge in [-0.2, -0.15) is 0 Å². The molecule has 0 unspecified atom stereocenters. The Labute approximate surface area is 148 Å². The van der Waals surface area contributed by atoms with Crippen LogP contribution in [0.3, 0.4) is 0 Å². The number of carbonyl (C=O) groups is 1. The average molecular weight is 354 g/mol. The molecule has 4 nitrogen and oxygen atoms in total. The van der Waals surface area contributed by atoms with E-state index in [1.165, 1.54) is 23.5 Å². The Hall–Kier alpha value is -2.73. The SMILES string of the molecule is O=C(NC[C@@H]1Cc2cc(F)cc(-c3ccccn3)c2O1)c1cccs1. The molecule has 3 heterocycles. The Morgan fingerprint density at radius 1 is 1.32 bits per heavy atom. The molecule has 0 spiro atoms. The highest BCUT2D eigenvalue weighted by Crippen LogP contribution is 2.38. The molecule has 2 aromatic heterocycles. The van der Waals surface area contributed by atoms with Crippen LogP contribution in [0, 0.1) is 5.82 Å². The van der Waals surface area contributed by atoms with E-state index < -0.39 is 0 Å². The van der Waals surface area contributed by atoms with Gasteiger partial charge in [0.2, 0.25) is 0 Å². The average Bonchev–Trinajstić information content (AvgIpc) is 3.29. The van der Waals surface area contributed by atoms with Gasteiger partial charge in [-0.05, 0) is 35.7 Å². The van der Waals surface area contributed by atoms with Crippen molar-refractivity contribution in [1.82, 2.24) is 10.3 Å². The molecule has 0 saturated carbocycles. The van der Waals surface area contributed by atoms with E-state index in [2.05, 4.69) is 10.3 Å². The lowest BCUT2D eigenvalue weighted by Crippen LogP contribution is -2.34. The fourth-order valence-electron chi connectivity index (χ4n) is 2.92. The summed E-state index contributed by atoms with van der Waals surface area (Å²) in [5.74, 6) is 0.215. The van der Waals surface area contributed by atoms with Crippen molar-refractivity contribution >= 4 is 17.2 Å². The molecular formula is C19H15FN2O2S. The smallest absolute Gasteiger partial charge is 0.261 e. The van der Waals surface area contributed by atoms with Crippen molar-refractivity contribution in [3.63, 3.8) is 0 Å². The molecule has 126 valence electrons. The Bertz CT molecular complexity index is 897. The van der Waals surface area contributed by atoms with E-state index in [-0.39, 0.29) is 17.8 Å². The van der Waals surface area contributed by atoms with E-state index in [1.807, 2.05) is 29.6 Å². The molecule has 1 amide bonds. The van der Waals surface area contributed by atoms with Gasteiger partial charge in [0.15, 0.2) is 0 Å². The van der Waals surface area contributed by atoms with Crippen molar-refractivity contribution in [3.05, 3.63) is 70.3 Å². The molecular weight excluding hydrogens is 339 g/mol. The second-order valence-electron chi connectivity index (χ2n) is 5.79. The number of fused-ring (bicyclic) bond motifs is 1. The first-order chi connectivity index (χ1) is 12.2. The predicted octanol–water partition coefficient (Wildman–Crippen LogP) is 3.68. The number of aromatic nitrogens is 1. The third-order valence-electron chi connectivity index (χ3n) is 4.04. The van der Waals surface area contributed by atoms with Gasteiger partial charge in [-0.25, -0.2) is 4.39 Å². The van der Waals surface area contributed by atoms with Crippen LogP contribution in [0.5, 0.6) is 5.75 Å². The fraction of sp³-hybridized carbons (Fsp3) is 0.158. The summed E-state index contributed by atoms with van der Waals surface area (Å²) in [4.78, 5) is 17.0. The summed E-state index contributed by atoms with van der Waals surface area (Å²) in [6, 6.07) is 12.0. The zero-order valence-electron chi connectivity index (χ0n) is 13.2. The van der Waals surface area contributed by atoms with Crippen LogP contribution >= 0.6 is 11.3 Å². The van der Waals surface area contributed by atoms with Gasteiger partial charge in [-0.3, -0.25) is 9.78 Å². The zero-order chi connectivity index (χ0) is 17.2. The number of thiophene rings is 1. The first-order valence-corrected chi connectivity index (χ1v) is 8.81. The molecule has 0 aliphatic carbocycles. The molecule has 0 fully saturated rings. The van der Waals surface area contributed by atoms with Gasteiger partial charge in [0, 0.05) is 23.7 Å². The number of amides is 1. The monoisotopic (exact) mass is 354 g/mol. The summed E-state index contributed by atoms with van der Waals surface area (Å²) in [6.45, 7) is 0.370. The normalized spacial score (nSPS) is 15.5. The van der Waals surface area contributed by atoms with E-state index in [0.717, 1.165) is 5.56 Å². The van der Waals surface area contributed by atoms with Crippen molar-refractivity contribution in [1.29, 1.82) is 0 Å². The Morgan fingerprint density at radius 2 is 2.24 bits per heavy atom. The van der Waals surface area contributed by atoms with Crippen LogP contribution in [-0.4, -0.2) is 23.5 Å². The molecule has 1 aliphatic heterocycles. The number of halogens is 1. The van der Waals surface area contributed by atoms with Crippen molar-refractivity contribution in [2.45, 2.75) is 12.5 Å². The quantitative estimate of drug-likeness (QED) is 0.778. The molecule has 3 aromatic rings. The number of benzene rings is 1. The molecule has 6 heteroatoms. The number of hydrogen-bond donors (Lipinski definition) is 1. The Morgan fingerprint density at radius 3 is 3.00 bits per heavy atom. The maximum Gasteiger partial charge on any atom is 0.261 e. The minimum Gasteiger partial charge on any atom is -0.487 e. The largest absolute Gasteiger partial charge is 0.487 e. The van der Waals surface area contributed by atoms with E-state index in [9.17, 15) is 9.18 Å². The highest BCUT2D eigenvalue weighted by atomic mass is 32.1. The number of nitrogens with zero attached hydrogens (tertiary/aromatic N) is 1. The summed E-state index contributed by atoms with van der Waals surface area (Å²) in [5, 5.41) is 4.73. The molecule has 0 radical (unpaired) electrons. The van der Waals surface area contributed by atoms with Crippen molar-refractivity contribution in [2.75, 3.05) is 6.54 Å². The van der Waals surface area contributed by atoms with Gasteiger partial charge in [-0.15, -0.1) is 11.3 Å². The second-order valence-corrected chi connectivity index (χ2v) is 6.74. The van der Waals surface area contributed by atoms with Gasteiger partial charge in [0.25, 0.3) is 5.91 Å². The third-order valence-corrected chi connectivity index (χ3v) is 4.91. The van der Waals surface area contributed by atoms with Gasteiger partial charge >= 0.3 is 0 Å². The van der Waals surface area contributed by atoms with Gasteiger partial charge in [0.05, 0.1) is 17.1 Å². The Kier molecular flexibility index (Phi) is 4.19. The van der Waals surface area contributed by atoms with Gasteiger partial charge in [0.1, 0.15) is 17.7 Å². The lowest BCUT2D eigenvalue weighted by atomic mass is 10.0. The maximum absolute atomic E-state index is 14.0. The molecule has 25 heavy (non-hydrogen) atoms. The van der Waals surface area contributed by atoms with Crippen molar-refractivity contribution in [3.8, 4) is 17.0 Å². The van der Waals surface area contributed by atoms with Gasteiger partial charge in [-0.1, -0.05) is 12.1 Å². The summed E-state index contributed by atoms with van der Waals surface area (Å²) < 4.78 is 20.0. The molecule has 0 saturated heterocycles. The molecule has 4 rings (SSSR count). The highest BCUT2D eigenvalue weighted by Gasteiger charge is 2.27. The van der Waals surface area contributed by atoms with Crippen molar-refractivity contribution < 1.29 is 13.9 Å². The first kappa shape index (κ1) is 15.8. The van der Waals surface area contributed by atoms with Crippen LogP contribution in [0.25, 0.3) is 11.3 Å². The molecule has 1 aliphatic rings. The molecule has 1 N–H and O–H groups in total. The van der Waals surface area contributed by atoms with E-state index in [0.29, 0.717) is 34.8 Å². The molecule has 1 atom stereocenters. The van der Waals surface area contributed by atoms with E-state index >= 15 is 0 Å². The van der Waals surface area contributed by atoms with Crippen molar-refractivity contribution in [2.24, 2.45) is 0 Å². The van der Waals surface area contributed by atoms with Gasteiger partial charge < -0.3 is 10.1 Å². The lowest BCUT2D eigenvalue weighted by Gasteiger charge is -2.13.